The lowest BCUT2D eigenvalue weighted by Gasteiger charge is -2.25. The molecule has 1 fully saturated rings. The molecular formula is C19H21N3O2. The number of carbonyl (C=O) groups is 2. The van der Waals surface area contributed by atoms with Crippen LogP contribution in [0.25, 0.3) is 0 Å². The van der Waals surface area contributed by atoms with Crippen molar-refractivity contribution in [2.24, 2.45) is 0 Å². The molecule has 0 aromatic carbocycles. The number of fused-ring (bicyclic) bond motifs is 1. The fourth-order valence-electron chi connectivity index (χ4n) is 4.07. The molecule has 0 saturated carbocycles. The Bertz CT molecular complexity index is 794. The van der Waals surface area contributed by atoms with E-state index < -0.39 is 0 Å². The van der Waals surface area contributed by atoms with E-state index in [4.69, 9.17) is 0 Å². The second-order valence-electron chi connectivity index (χ2n) is 6.69. The van der Waals surface area contributed by atoms with E-state index in [9.17, 15) is 9.59 Å². The van der Waals surface area contributed by atoms with Crippen LogP contribution >= 0.6 is 0 Å². The Kier molecular flexibility index (Phi) is 3.71. The average Bonchev–Trinajstić information content (AvgIpc) is 3.21. The molecule has 2 aromatic heterocycles. The maximum atomic E-state index is 13.1. The van der Waals surface area contributed by atoms with Gasteiger partial charge in [0.1, 0.15) is 5.69 Å². The summed E-state index contributed by atoms with van der Waals surface area (Å²) in [7, 11) is 0. The van der Waals surface area contributed by atoms with Gasteiger partial charge in [-0.05, 0) is 55.9 Å². The highest BCUT2D eigenvalue weighted by molar-refractivity contribution is 6.04. The highest BCUT2D eigenvalue weighted by atomic mass is 16.2. The Labute approximate surface area is 141 Å². The molecule has 124 valence electrons. The van der Waals surface area contributed by atoms with Crippen molar-refractivity contribution >= 4 is 11.7 Å². The standard InChI is InChI=1S/C19H21N3O2/c1-12-17-14(4-2-6-16(17)23)21-18(12)19(24)22-11-3-5-15(22)13-7-9-20-10-8-13/h7-10,15,21H,2-6,11H2,1H3. The van der Waals surface area contributed by atoms with Crippen molar-refractivity contribution in [3.63, 3.8) is 0 Å². The van der Waals surface area contributed by atoms with Crippen LogP contribution < -0.4 is 0 Å². The van der Waals surface area contributed by atoms with Crippen LogP contribution in [0.15, 0.2) is 24.5 Å². The summed E-state index contributed by atoms with van der Waals surface area (Å²) < 4.78 is 0. The van der Waals surface area contributed by atoms with Gasteiger partial charge in [0, 0.05) is 36.6 Å². The Balaban J connectivity index is 1.68. The number of hydrogen-bond acceptors (Lipinski definition) is 3. The third-order valence-corrected chi connectivity index (χ3v) is 5.26. The molecule has 2 aliphatic rings. The lowest BCUT2D eigenvalue weighted by atomic mass is 9.93. The second-order valence-corrected chi connectivity index (χ2v) is 6.69. The topological polar surface area (TPSA) is 66.1 Å². The maximum Gasteiger partial charge on any atom is 0.271 e. The van der Waals surface area contributed by atoms with Crippen LogP contribution in [-0.2, 0) is 6.42 Å². The number of nitrogens with one attached hydrogen (secondary N) is 1. The smallest absolute Gasteiger partial charge is 0.271 e. The predicted molar refractivity (Wildman–Crippen MR) is 90.0 cm³/mol. The number of ketones is 1. The summed E-state index contributed by atoms with van der Waals surface area (Å²) in [6.07, 6.45) is 7.81. The number of nitrogens with zero attached hydrogens (tertiary/aromatic N) is 2. The molecule has 1 aliphatic heterocycles. The Morgan fingerprint density at radius 2 is 2.04 bits per heavy atom. The van der Waals surface area contributed by atoms with Gasteiger partial charge in [0.2, 0.25) is 0 Å². The number of pyridine rings is 1. The number of hydrogen-bond donors (Lipinski definition) is 1. The van der Waals surface area contributed by atoms with Gasteiger partial charge in [-0.1, -0.05) is 0 Å². The molecule has 5 heteroatoms. The first-order valence-corrected chi connectivity index (χ1v) is 8.62. The molecule has 1 unspecified atom stereocenters. The van der Waals surface area contributed by atoms with Gasteiger partial charge in [-0.2, -0.15) is 0 Å². The summed E-state index contributed by atoms with van der Waals surface area (Å²) in [6, 6.07) is 4.05. The Morgan fingerprint density at radius 3 is 2.79 bits per heavy atom. The number of likely N-dealkylation sites (tertiary alicyclic amines) is 1. The molecule has 5 nitrogen and oxygen atoms in total. The number of H-pyrrole nitrogens is 1. The average molecular weight is 323 g/mol. The van der Waals surface area contributed by atoms with Crippen LogP contribution in [0.5, 0.6) is 0 Å². The van der Waals surface area contributed by atoms with E-state index >= 15 is 0 Å². The van der Waals surface area contributed by atoms with Crippen LogP contribution in [0.1, 0.15) is 69.4 Å². The summed E-state index contributed by atoms with van der Waals surface area (Å²) in [5.41, 5.74) is 4.23. The lowest BCUT2D eigenvalue weighted by molar-refractivity contribution is 0.0729. The van der Waals surface area contributed by atoms with Crippen LogP contribution in [0, 0.1) is 6.92 Å². The molecule has 1 N–H and O–H groups in total. The molecule has 1 amide bonds. The number of aromatic amines is 1. The van der Waals surface area contributed by atoms with Gasteiger partial charge in [-0.3, -0.25) is 14.6 Å². The Morgan fingerprint density at radius 1 is 1.25 bits per heavy atom. The van der Waals surface area contributed by atoms with Crippen molar-refractivity contribution in [2.75, 3.05) is 6.54 Å². The van der Waals surface area contributed by atoms with E-state index in [2.05, 4.69) is 9.97 Å². The van der Waals surface area contributed by atoms with Gasteiger partial charge in [-0.25, -0.2) is 0 Å². The predicted octanol–water partition coefficient (Wildman–Crippen LogP) is 3.21. The molecule has 0 radical (unpaired) electrons. The Hall–Kier alpha value is -2.43. The van der Waals surface area contributed by atoms with Gasteiger partial charge in [0.15, 0.2) is 5.78 Å². The van der Waals surface area contributed by atoms with E-state index in [1.807, 2.05) is 24.0 Å². The highest BCUT2D eigenvalue weighted by Crippen LogP contribution is 2.34. The number of rotatable bonds is 2. The number of aromatic nitrogens is 2. The molecule has 4 rings (SSSR count). The van der Waals surface area contributed by atoms with Gasteiger partial charge in [-0.15, -0.1) is 0 Å². The lowest BCUT2D eigenvalue weighted by Crippen LogP contribution is -2.31. The number of Topliss-reactive ketones (excluding diaryl/α,β-unsaturated/α-hetero) is 1. The second kappa shape index (κ2) is 5.89. The quantitative estimate of drug-likeness (QED) is 0.923. The SMILES string of the molecule is Cc1c(C(=O)N2CCCC2c2ccncc2)[nH]c2c1C(=O)CCC2. The van der Waals surface area contributed by atoms with Gasteiger partial charge >= 0.3 is 0 Å². The summed E-state index contributed by atoms with van der Waals surface area (Å²) in [5, 5.41) is 0. The molecule has 1 saturated heterocycles. The van der Waals surface area contributed by atoms with Crippen molar-refractivity contribution in [3.8, 4) is 0 Å². The molecule has 0 spiro atoms. The van der Waals surface area contributed by atoms with E-state index in [1.54, 1.807) is 12.4 Å². The van der Waals surface area contributed by atoms with Gasteiger partial charge < -0.3 is 9.88 Å². The molecule has 24 heavy (non-hydrogen) atoms. The van der Waals surface area contributed by atoms with Gasteiger partial charge in [0.05, 0.1) is 6.04 Å². The molecule has 2 aromatic rings. The number of carbonyl (C=O) groups excluding carboxylic acids is 2. The summed E-state index contributed by atoms with van der Waals surface area (Å²) in [6.45, 7) is 2.65. The summed E-state index contributed by atoms with van der Waals surface area (Å²) >= 11 is 0. The van der Waals surface area contributed by atoms with Crippen molar-refractivity contribution in [1.82, 2.24) is 14.9 Å². The van der Waals surface area contributed by atoms with Crippen LogP contribution in [-0.4, -0.2) is 33.1 Å². The first kappa shape index (κ1) is 15.1. The van der Waals surface area contributed by atoms with Crippen LogP contribution in [0.4, 0.5) is 0 Å². The van der Waals surface area contributed by atoms with Crippen LogP contribution in [0.3, 0.4) is 0 Å². The van der Waals surface area contributed by atoms with Crippen molar-refractivity contribution in [3.05, 3.63) is 52.6 Å². The fraction of sp³-hybridized carbons (Fsp3) is 0.421. The molecule has 0 bridgehead atoms. The van der Waals surface area contributed by atoms with Crippen molar-refractivity contribution < 1.29 is 9.59 Å². The zero-order valence-corrected chi connectivity index (χ0v) is 13.8. The van der Waals surface area contributed by atoms with Gasteiger partial charge in [0.25, 0.3) is 5.91 Å². The third-order valence-electron chi connectivity index (χ3n) is 5.26. The molecule has 1 atom stereocenters. The van der Waals surface area contributed by atoms with E-state index in [1.165, 1.54) is 0 Å². The zero-order chi connectivity index (χ0) is 16.7. The van der Waals surface area contributed by atoms with E-state index in [-0.39, 0.29) is 17.7 Å². The monoisotopic (exact) mass is 323 g/mol. The van der Waals surface area contributed by atoms with E-state index in [0.29, 0.717) is 12.1 Å². The number of aryl methyl sites for hydroxylation is 1. The fourth-order valence-corrected chi connectivity index (χ4v) is 4.07. The molecular weight excluding hydrogens is 302 g/mol. The largest absolute Gasteiger partial charge is 0.354 e. The van der Waals surface area contributed by atoms with Crippen molar-refractivity contribution in [2.45, 2.75) is 45.1 Å². The van der Waals surface area contributed by atoms with Crippen LogP contribution in [0.2, 0.25) is 0 Å². The highest BCUT2D eigenvalue weighted by Gasteiger charge is 2.34. The minimum atomic E-state index is 0.00834. The molecule has 1 aliphatic carbocycles. The normalized spacial score (nSPS) is 20.3. The first-order valence-electron chi connectivity index (χ1n) is 8.62. The zero-order valence-electron chi connectivity index (χ0n) is 13.8. The maximum absolute atomic E-state index is 13.1. The minimum Gasteiger partial charge on any atom is -0.354 e. The molecule has 3 heterocycles. The van der Waals surface area contributed by atoms with Crippen molar-refractivity contribution in [1.29, 1.82) is 0 Å². The number of amides is 1. The van der Waals surface area contributed by atoms with E-state index in [0.717, 1.165) is 54.6 Å². The first-order chi connectivity index (χ1) is 11.7. The third kappa shape index (κ3) is 2.35. The minimum absolute atomic E-state index is 0.00834. The summed E-state index contributed by atoms with van der Waals surface area (Å²) in [5.74, 6) is 0.171. The summed E-state index contributed by atoms with van der Waals surface area (Å²) in [4.78, 5) is 34.6.